The van der Waals surface area contributed by atoms with Crippen LogP contribution in [0.15, 0.2) is 23.3 Å². The third-order valence-electron chi connectivity index (χ3n) is 2.26. The molecule has 1 heterocycles. The van der Waals surface area contributed by atoms with Gasteiger partial charge in [0.2, 0.25) is 0 Å². The molecule has 2 nitrogen and oxygen atoms in total. The van der Waals surface area contributed by atoms with E-state index in [9.17, 15) is 4.79 Å². The molecule has 0 saturated carbocycles. The Morgan fingerprint density at radius 2 is 2.25 bits per heavy atom. The summed E-state index contributed by atoms with van der Waals surface area (Å²) in [5, 5.41) is 0. The molecule has 0 aromatic rings. The number of allylic oxidation sites excluding steroid dienone is 2. The Morgan fingerprint density at radius 1 is 1.50 bits per heavy atom. The normalized spacial score (nSPS) is 25.7. The van der Waals surface area contributed by atoms with Gasteiger partial charge in [0, 0.05) is 12.0 Å². The van der Waals surface area contributed by atoms with Gasteiger partial charge in [0.25, 0.3) is 0 Å². The second kappa shape index (κ2) is 2.22. The molecule has 0 unspecified atom stereocenters. The van der Waals surface area contributed by atoms with Crippen molar-refractivity contribution in [1.82, 2.24) is 0 Å². The van der Waals surface area contributed by atoms with Crippen molar-refractivity contribution in [2.24, 2.45) is 0 Å². The molecule has 0 aromatic carbocycles. The predicted octanol–water partition coefficient (Wildman–Crippen LogP) is 1.97. The lowest BCUT2D eigenvalue weighted by Crippen LogP contribution is -2.33. The van der Waals surface area contributed by atoms with Gasteiger partial charge in [-0.05, 0) is 25.8 Å². The van der Waals surface area contributed by atoms with Crippen LogP contribution in [-0.4, -0.2) is 11.6 Å². The quantitative estimate of drug-likeness (QED) is 0.511. The summed E-state index contributed by atoms with van der Waals surface area (Å²) in [7, 11) is 0. The Balaban J connectivity index is 2.36. The van der Waals surface area contributed by atoms with Gasteiger partial charge in [0.05, 0.1) is 0 Å². The van der Waals surface area contributed by atoms with E-state index >= 15 is 0 Å². The standard InChI is InChI=1S/C10H12O2/c1-10(2)6-7-4-3-5-8(7)9(11)12-10/h3-4H,5-6H2,1-2H3. The van der Waals surface area contributed by atoms with Crippen LogP contribution in [0.25, 0.3) is 0 Å². The molecular formula is C10H12O2. The number of esters is 1. The van der Waals surface area contributed by atoms with E-state index in [1.54, 1.807) is 0 Å². The molecule has 1 aliphatic heterocycles. The Hall–Kier alpha value is -1.05. The Bertz CT molecular complexity index is 295. The Morgan fingerprint density at radius 3 is 3.00 bits per heavy atom. The Labute approximate surface area is 71.9 Å². The monoisotopic (exact) mass is 164 g/mol. The summed E-state index contributed by atoms with van der Waals surface area (Å²) in [4.78, 5) is 11.4. The average molecular weight is 164 g/mol. The fourth-order valence-electron chi connectivity index (χ4n) is 1.74. The second-order valence-electron chi connectivity index (χ2n) is 3.94. The summed E-state index contributed by atoms with van der Waals surface area (Å²) in [6, 6.07) is 0. The maximum Gasteiger partial charge on any atom is 0.335 e. The largest absolute Gasteiger partial charge is 0.456 e. The highest BCUT2D eigenvalue weighted by Gasteiger charge is 2.33. The van der Waals surface area contributed by atoms with Gasteiger partial charge in [-0.1, -0.05) is 12.2 Å². The maximum absolute atomic E-state index is 11.4. The zero-order valence-corrected chi connectivity index (χ0v) is 7.39. The summed E-state index contributed by atoms with van der Waals surface area (Å²) in [5.41, 5.74) is 1.70. The molecule has 0 fully saturated rings. The molecule has 0 radical (unpaired) electrons. The molecule has 12 heavy (non-hydrogen) atoms. The van der Waals surface area contributed by atoms with Crippen molar-refractivity contribution < 1.29 is 9.53 Å². The Kier molecular flexibility index (Phi) is 1.40. The highest BCUT2D eigenvalue weighted by atomic mass is 16.6. The minimum Gasteiger partial charge on any atom is -0.456 e. The molecule has 0 amide bonds. The third-order valence-corrected chi connectivity index (χ3v) is 2.26. The van der Waals surface area contributed by atoms with Crippen LogP contribution in [0.4, 0.5) is 0 Å². The highest BCUT2D eigenvalue weighted by Crippen LogP contribution is 2.34. The fourth-order valence-corrected chi connectivity index (χ4v) is 1.74. The smallest absolute Gasteiger partial charge is 0.335 e. The topological polar surface area (TPSA) is 26.3 Å². The van der Waals surface area contributed by atoms with Crippen LogP contribution < -0.4 is 0 Å². The van der Waals surface area contributed by atoms with Crippen LogP contribution >= 0.6 is 0 Å². The zero-order valence-electron chi connectivity index (χ0n) is 7.39. The zero-order chi connectivity index (χ0) is 8.77. The van der Waals surface area contributed by atoms with Crippen LogP contribution in [0.5, 0.6) is 0 Å². The van der Waals surface area contributed by atoms with E-state index in [1.165, 1.54) is 0 Å². The number of hydrogen-bond donors (Lipinski definition) is 0. The van der Waals surface area contributed by atoms with E-state index in [0.717, 1.165) is 24.0 Å². The van der Waals surface area contributed by atoms with Gasteiger partial charge in [-0.2, -0.15) is 0 Å². The lowest BCUT2D eigenvalue weighted by atomic mass is 9.93. The summed E-state index contributed by atoms with van der Waals surface area (Å²) < 4.78 is 5.25. The van der Waals surface area contributed by atoms with Crippen LogP contribution in [0.1, 0.15) is 26.7 Å². The molecule has 0 bridgehead atoms. The molecule has 1 aliphatic carbocycles. The van der Waals surface area contributed by atoms with Gasteiger partial charge < -0.3 is 4.74 Å². The molecule has 0 saturated heterocycles. The van der Waals surface area contributed by atoms with E-state index in [1.807, 2.05) is 26.0 Å². The van der Waals surface area contributed by atoms with Crippen LogP contribution in [0, 0.1) is 0 Å². The summed E-state index contributed by atoms with van der Waals surface area (Å²) in [5.74, 6) is -0.133. The minimum atomic E-state index is -0.315. The van der Waals surface area contributed by atoms with Gasteiger partial charge in [0.15, 0.2) is 0 Å². The molecule has 0 N–H and O–H groups in total. The summed E-state index contributed by atoms with van der Waals surface area (Å²) in [6.07, 6.45) is 5.67. The molecule has 2 aliphatic rings. The van der Waals surface area contributed by atoms with Crippen molar-refractivity contribution in [2.45, 2.75) is 32.3 Å². The average Bonchev–Trinajstić information content (AvgIpc) is 2.31. The second-order valence-corrected chi connectivity index (χ2v) is 3.94. The van der Waals surface area contributed by atoms with Gasteiger partial charge in [0.1, 0.15) is 5.60 Å². The number of ether oxygens (including phenoxy) is 1. The molecule has 0 aromatic heterocycles. The first-order valence-corrected chi connectivity index (χ1v) is 4.20. The van der Waals surface area contributed by atoms with Crippen molar-refractivity contribution in [3.05, 3.63) is 23.3 Å². The number of hydrogen-bond acceptors (Lipinski definition) is 2. The molecule has 0 spiro atoms. The SMILES string of the molecule is CC1(C)CC2=C(CC=C2)C(=O)O1. The van der Waals surface area contributed by atoms with Crippen LogP contribution in [0.2, 0.25) is 0 Å². The number of cyclic esters (lactones) is 1. The number of carbonyl (C=O) groups is 1. The van der Waals surface area contributed by atoms with Gasteiger partial charge >= 0.3 is 5.97 Å². The number of carbonyl (C=O) groups excluding carboxylic acids is 1. The van der Waals surface area contributed by atoms with E-state index in [4.69, 9.17) is 4.74 Å². The van der Waals surface area contributed by atoms with E-state index in [0.29, 0.717) is 0 Å². The van der Waals surface area contributed by atoms with E-state index in [2.05, 4.69) is 0 Å². The third kappa shape index (κ3) is 1.07. The van der Waals surface area contributed by atoms with Crippen molar-refractivity contribution in [1.29, 1.82) is 0 Å². The lowest BCUT2D eigenvalue weighted by Gasteiger charge is -2.30. The lowest BCUT2D eigenvalue weighted by molar-refractivity contribution is -0.153. The minimum absolute atomic E-state index is 0.133. The predicted molar refractivity (Wildman–Crippen MR) is 45.6 cm³/mol. The van der Waals surface area contributed by atoms with Crippen LogP contribution in [-0.2, 0) is 9.53 Å². The molecule has 0 atom stereocenters. The first-order valence-electron chi connectivity index (χ1n) is 4.20. The van der Waals surface area contributed by atoms with Crippen molar-refractivity contribution >= 4 is 5.97 Å². The van der Waals surface area contributed by atoms with Crippen molar-refractivity contribution in [3.8, 4) is 0 Å². The van der Waals surface area contributed by atoms with Crippen molar-refractivity contribution in [3.63, 3.8) is 0 Å². The first-order chi connectivity index (χ1) is 5.58. The fraction of sp³-hybridized carbons (Fsp3) is 0.500. The summed E-state index contributed by atoms with van der Waals surface area (Å²) in [6.45, 7) is 3.89. The molecule has 2 rings (SSSR count). The molecular weight excluding hydrogens is 152 g/mol. The first kappa shape index (κ1) is 7.59. The highest BCUT2D eigenvalue weighted by molar-refractivity contribution is 5.92. The maximum atomic E-state index is 11.4. The number of rotatable bonds is 0. The molecule has 2 heteroatoms. The van der Waals surface area contributed by atoms with Crippen molar-refractivity contribution in [2.75, 3.05) is 0 Å². The van der Waals surface area contributed by atoms with Crippen LogP contribution in [0.3, 0.4) is 0 Å². The van der Waals surface area contributed by atoms with E-state index < -0.39 is 0 Å². The molecule has 64 valence electrons. The summed E-state index contributed by atoms with van der Waals surface area (Å²) >= 11 is 0. The van der Waals surface area contributed by atoms with Gasteiger partial charge in [-0.15, -0.1) is 0 Å². The van der Waals surface area contributed by atoms with Gasteiger partial charge in [-0.3, -0.25) is 0 Å². The van der Waals surface area contributed by atoms with E-state index in [-0.39, 0.29) is 11.6 Å². The van der Waals surface area contributed by atoms with Gasteiger partial charge in [-0.25, -0.2) is 4.79 Å².